The third kappa shape index (κ3) is 3.77. The molecule has 0 aliphatic heterocycles. The van der Waals surface area contributed by atoms with Gasteiger partial charge in [0, 0.05) is 13.1 Å². The monoisotopic (exact) mass is 235 g/mol. The van der Waals surface area contributed by atoms with Gasteiger partial charge in [-0.3, -0.25) is 4.79 Å². The van der Waals surface area contributed by atoms with Gasteiger partial charge >= 0.3 is 0 Å². The van der Waals surface area contributed by atoms with Crippen molar-refractivity contribution in [3.63, 3.8) is 0 Å². The van der Waals surface area contributed by atoms with Crippen LogP contribution in [0.2, 0.25) is 0 Å². The molecule has 0 saturated carbocycles. The number of hydrogen-bond donors (Lipinski definition) is 0. The number of carbonyl (C=O) groups is 1. The fraction of sp³-hybridized carbons (Fsp3) is 0.500. The van der Waals surface area contributed by atoms with E-state index in [9.17, 15) is 4.79 Å². The number of benzene rings is 1. The van der Waals surface area contributed by atoms with Crippen LogP contribution in [0.1, 0.15) is 26.3 Å². The summed E-state index contributed by atoms with van der Waals surface area (Å²) in [5.74, 6) is 0.777. The minimum absolute atomic E-state index is 0.0376. The van der Waals surface area contributed by atoms with Crippen molar-refractivity contribution >= 4 is 5.91 Å². The Balaban J connectivity index is 2.62. The zero-order valence-corrected chi connectivity index (χ0v) is 11.1. The summed E-state index contributed by atoms with van der Waals surface area (Å²) in [6.07, 6.45) is -0.433. The predicted octanol–water partition coefficient (Wildman–Crippen LogP) is 2.63. The lowest BCUT2D eigenvalue weighted by Crippen LogP contribution is -2.40. The fourth-order valence-corrected chi connectivity index (χ4v) is 1.66. The summed E-state index contributed by atoms with van der Waals surface area (Å²) < 4.78 is 5.62. The first-order valence-corrected chi connectivity index (χ1v) is 6.10. The molecule has 1 amide bonds. The maximum atomic E-state index is 12.0. The molecule has 1 rings (SSSR count). The van der Waals surface area contributed by atoms with Crippen molar-refractivity contribution in [1.82, 2.24) is 4.90 Å². The highest BCUT2D eigenvalue weighted by Gasteiger charge is 2.19. The summed E-state index contributed by atoms with van der Waals surface area (Å²) in [6.45, 7) is 9.20. The number of rotatable bonds is 5. The molecule has 1 aromatic rings. The first-order chi connectivity index (χ1) is 8.08. The van der Waals surface area contributed by atoms with E-state index in [1.165, 1.54) is 5.56 Å². The van der Waals surface area contributed by atoms with Crippen LogP contribution in [0.25, 0.3) is 0 Å². The first kappa shape index (κ1) is 13.6. The summed E-state index contributed by atoms with van der Waals surface area (Å²) in [7, 11) is 0. The van der Waals surface area contributed by atoms with Crippen molar-refractivity contribution in [3.8, 4) is 5.75 Å². The average molecular weight is 235 g/mol. The molecule has 0 heterocycles. The Bertz CT molecular complexity index is 355. The number of hydrogen-bond acceptors (Lipinski definition) is 2. The summed E-state index contributed by atoms with van der Waals surface area (Å²) in [6, 6.07) is 7.73. The van der Waals surface area contributed by atoms with Gasteiger partial charge in [-0.1, -0.05) is 17.7 Å². The molecule has 1 atom stereocenters. The van der Waals surface area contributed by atoms with Gasteiger partial charge in [0.05, 0.1) is 0 Å². The van der Waals surface area contributed by atoms with E-state index in [2.05, 4.69) is 0 Å². The molecule has 0 aromatic heterocycles. The molecule has 0 saturated heterocycles. The van der Waals surface area contributed by atoms with E-state index < -0.39 is 6.10 Å². The molecule has 1 aromatic carbocycles. The number of carbonyl (C=O) groups excluding carboxylic acids is 1. The predicted molar refractivity (Wildman–Crippen MR) is 69.2 cm³/mol. The molecule has 3 nitrogen and oxygen atoms in total. The highest BCUT2D eigenvalue weighted by Crippen LogP contribution is 2.14. The van der Waals surface area contributed by atoms with Crippen LogP contribution in [0.15, 0.2) is 24.3 Å². The highest BCUT2D eigenvalue weighted by atomic mass is 16.5. The van der Waals surface area contributed by atoms with Gasteiger partial charge in [0.1, 0.15) is 5.75 Å². The molecule has 3 heteroatoms. The zero-order valence-electron chi connectivity index (χ0n) is 11.1. The summed E-state index contributed by atoms with van der Waals surface area (Å²) in [5, 5.41) is 0. The van der Waals surface area contributed by atoms with Crippen LogP contribution in [-0.4, -0.2) is 30.0 Å². The zero-order chi connectivity index (χ0) is 12.8. The maximum absolute atomic E-state index is 12.0. The van der Waals surface area contributed by atoms with E-state index in [0.29, 0.717) is 0 Å². The summed E-state index contributed by atoms with van der Waals surface area (Å²) in [4.78, 5) is 13.8. The smallest absolute Gasteiger partial charge is 0.263 e. The van der Waals surface area contributed by atoms with Crippen molar-refractivity contribution in [1.29, 1.82) is 0 Å². The van der Waals surface area contributed by atoms with Crippen molar-refractivity contribution in [2.45, 2.75) is 33.8 Å². The molecule has 0 aliphatic carbocycles. The highest BCUT2D eigenvalue weighted by molar-refractivity contribution is 5.80. The molecule has 0 spiro atoms. The largest absolute Gasteiger partial charge is 0.481 e. The molecule has 17 heavy (non-hydrogen) atoms. The molecular weight excluding hydrogens is 214 g/mol. The van der Waals surface area contributed by atoms with E-state index in [-0.39, 0.29) is 5.91 Å². The van der Waals surface area contributed by atoms with Crippen LogP contribution < -0.4 is 4.74 Å². The normalized spacial score (nSPS) is 12.0. The van der Waals surface area contributed by atoms with Gasteiger partial charge in [-0.05, 0) is 39.8 Å². The first-order valence-electron chi connectivity index (χ1n) is 6.10. The Labute approximate surface area is 103 Å². The molecule has 0 bridgehead atoms. The number of aryl methyl sites for hydroxylation is 1. The molecule has 0 radical (unpaired) electrons. The van der Waals surface area contributed by atoms with Crippen LogP contribution >= 0.6 is 0 Å². The lowest BCUT2D eigenvalue weighted by Gasteiger charge is -2.23. The van der Waals surface area contributed by atoms with Gasteiger partial charge in [0.25, 0.3) is 5.91 Å². The minimum atomic E-state index is -0.433. The minimum Gasteiger partial charge on any atom is -0.481 e. The molecule has 0 N–H and O–H groups in total. The molecule has 0 aliphatic rings. The topological polar surface area (TPSA) is 29.5 Å². The molecule has 94 valence electrons. The van der Waals surface area contributed by atoms with Crippen molar-refractivity contribution < 1.29 is 9.53 Å². The Morgan fingerprint density at radius 2 is 1.76 bits per heavy atom. The standard InChI is InChI=1S/C14H21NO2/c1-5-15(6-2)14(16)12(4)17-13-9-7-11(3)8-10-13/h7-10,12H,5-6H2,1-4H3/t12-/m0/s1. The van der Waals surface area contributed by atoms with E-state index in [4.69, 9.17) is 4.74 Å². The van der Waals surface area contributed by atoms with E-state index in [1.54, 1.807) is 11.8 Å². The lowest BCUT2D eigenvalue weighted by atomic mass is 10.2. The van der Waals surface area contributed by atoms with Gasteiger partial charge in [-0.15, -0.1) is 0 Å². The lowest BCUT2D eigenvalue weighted by molar-refractivity contribution is -0.137. The van der Waals surface area contributed by atoms with Gasteiger partial charge in [-0.2, -0.15) is 0 Å². The number of amides is 1. The van der Waals surface area contributed by atoms with Gasteiger partial charge in [0.2, 0.25) is 0 Å². The second kappa shape index (κ2) is 6.28. The molecule has 0 fully saturated rings. The van der Waals surface area contributed by atoms with Gasteiger partial charge in [-0.25, -0.2) is 0 Å². The fourth-order valence-electron chi connectivity index (χ4n) is 1.66. The van der Waals surface area contributed by atoms with Crippen molar-refractivity contribution in [2.24, 2.45) is 0 Å². The third-order valence-electron chi connectivity index (χ3n) is 2.76. The van der Waals surface area contributed by atoms with Crippen molar-refractivity contribution in [2.75, 3.05) is 13.1 Å². The Morgan fingerprint density at radius 3 is 2.24 bits per heavy atom. The van der Waals surface area contributed by atoms with Crippen LogP contribution in [0.5, 0.6) is 5.75 Å². The third-order valence-corrected chi connectivity index (χ3v) is 2.76. The van der Waals surface area contributed by atoms with Crippen LogP contribution in [-0.2, 0) is 4.79 Å². The van der Waals surface area contributed by atoms with Crippen LogP contribution in [0, 0.1) is 6.92 Å². The Kier molecular flexibility index (Phi) is 5.01. The Hall–Kier alpha value is -1.51. The van der Waals surface area contributed by atoms with Gasteiger partial charge in [0.15, 0.2) is 6.10 Å². The van der Waals surface area contributed by atoms with Crippen LogP contribution in [0.3, 0.4) is 0 Å². The quantitative estimate of drug-likeness (QED) is 0.785. The number of nitrogens with zero attached hydrogens (tertiary/aromatic N) is 1. The number of ether oxygens (including phenoxy) is 1. The van der Waals surface area contributed by atoms with E-state index in [1.807, 2.05) is 45.0 Å². The second-order valence-electron chi connectivity index (χ2n) is 4.08. The van der Waals surface area contributed by atoms with E-state index >= 15 is 0 Å². The SMILES string of the molecule is CCN(CC)C(=O)[C@H](C)Oc1ccc(C)cc1. The van der Waals surface area contributed by atoms with Gasteiger partial charge < -0.3 is 9.64 Å². The molecular formula is C14H21NO2. The number of likely N-dealkylation sites (N-methyl/N-ethyl adjacent to an activating group) is 1. The summed E-state index contributed by atoms with van der Waals surface area (Å²) >= 11 is 0. The summed E-state index contributed by atoms with van der Waals surface area (Å²) in [5.41, 5.74) is 1.18. The average Bonchev–Trinajstić information content (AvgIpc) is 2.33. The Morgan fingerprint density at radius 1 is 1.24 bits per heavy atom. The maximum Gasteiger partial charge on any atom is 0.263 e. The van der Waals surface area contributed by atoms with Crippen LogP contribution in [0.4, 0.5) is 0 Å². The van der Waals surface area contributed by atoms with E-state index in [0.717, 1.165) is 18.8 Å². The molecule has 0 unspecified atom stereocenters. The van der Waals surface area contributed by atoms with Crippen molar-refractivity contribution in [3.05, 3.63) is 29.8 Å². The second-order valence-corrected chi connectivity index (χ2v) is 4.08.